The number of allylic oxidation sites excluding steroid dienone is 3. The van der Waals surface area contributed by atoms with Crippen LogP contribution in [0.4, 0.5) is 0 Å². The van der Waals surface area contributed by atoms with Crippen molar-refractivity contribution in [1.82, 2.24) is 0 Å². The molecule has 70 valence electrons. The fourth-order valence-corrected chi connectivity index (χ4v) is 0.658. The van der Waals surface area contributed by atoms with E-state index in [-0.39, 0.29) is 0 Å². The summed E-state index contributed by atoms with van der Waals surface area (Å²) in [6.45, 7) is 0.417. The van der Waals surface area contributed by atoms with Crippen molar-refractivity contribution in [1.29, 1.82) is 0 Å². The van der Waals surface area contributed by atoms with Crippen LogP contribution in [-0.4, -0.2) is 16.7 Å². The molecule has 0 fully saturated rings. The monoisotopic (exact) mass is 172 g/mol. The van der Waals surface area contributed by atoms with Gasteiger partial charge in [0, 0.05) is 0 Å². The molecule has 0 aromatic carbocycles. The van der Waals surface area contributed by atoms with Crippen LogP contribution < -0.4 is 0 Å². The minimum absolute atomic E-state index is 1.04. The summed E-state index contributed by atoms with van der Waals surface area (Å²) in [5.41, 5.74) is 0. The van der Waals surface area contributed by atoms with E-state index < -0.39 is 6.48 Å². The Kier molecular flexibility index (Phi) is 7.74. The van der Waals surface area contributed by atoms with E-state index in [2.05, 4.69) is 11.7 Å². The minimum atomic E-state index is -1.72. The SMILES string of the molecule is CCCCC=CC=COC(O)O. The summed E-state index contributed by atoms with van der Waals surface area (Å²) >= 11 is 0. The fraction of sp³-hybridized carbons (Fsp3) is 0.556. The van der Waals surface area contributed by atoms with Gasteiger partial charge in [0.1, 0.15) is 0 Å². The largest absolute Gasteiger partial charge is 0.449 e. The number of hydrogen-bond donors (Lipinski definition) is 2. The van der Waals surface area contributed by atoms with Crippen LogP contribution in [0.3, 0.4) is 0 Å². The molecule has 2 N–H and O–H groups in total. The number of unbranched alkanes of at least 4 members (excludes halogenated alkanes) is 2. The van der Waals surface area contributed by atoms with Crippen molar-refractivity contribution in [2.45, 2.75) is 32.7 Å². The van der Waals surface area contributed by atoms with E-state index in [0.717, 1.165) is 6.42 Å². The zero-order valence-corrected chi connectivity index (χ0v) is 7.31. The lowest BCUT2D eigenvalue weighted by molar-refractivity contribution is -0.203. The Bertz CT molecular complexity index is 139. The first kappa shape index (κ1) is 11.2. The van der Waals surface area contributed by atoms with Gasteiger partial charge in [0.05, 0.1) is 6.26 Å². The van der Waals surface area contributed by atoms with Crippen LogP contribution >= 0.6 is 0 Å². The molecule has 0 saturated heterocycles. The molecule has 0 aliphatic rings. The summed E-state index contributed by atoms with van der Waals surface area (Å²) in [6, 6.07) is 0. The molecule has 0 heterocycles. The number of rotatable bonds is 6. The van der Waals surface area contributed by atoms with Crippen molar-refractivity contribution in [2.75, 3.05) is 0 Å². The molecule has 3 nitrogen and oxygen atoms in total. The summed E-state index contributed by atoms with van der Waals surface area (Å²) in [4.78, 5) is 0. The van der Waals surface area contributed by atoms with Gasteiger partial charge in [-0.3, -0.25) is 0 Å². The summed E-state index contributed by atoms with van der Waals surface area (Å²) in [5.74, 6) is 0. The Morgan fingerprint density at radius 2 is 2.08 bits per heavy atom. The highest BCUT2D eigenvalue weighted by atomic mass is 16.7. The average Bonchev–Trinajstić information content (AvgIpc) is 2.02. The zero-order chi connectivity index (χ0) is 9.23. The van der Waals surface area contributed by atoms with E-state index >= 15 is 0 Å². The standard InChI is InChI=1S/C9H16O3/c1-2-3-4-5-6-7-8-12-9(10)11/h5-11H,2-4H2,1H3. The second-order valence-electron chi connectivity index (χ2n) is 2.36. The van der Waals surface area contributed by atoms with Crippen LogP contribution in [0.15, 0.2) is 24.5 Å². The predicted molar refractivity (Wildman–Crippen MR) is 47.1 cm³/mol. The van der Waals surface area contributed by atoms with Gasteiger partial charge < -0.3 is 14.9 Å². The molecule has 0 rings (SSSR count). The van der Waals surface area contributed by atoms with Crippen LogP contribution in [0, 0.1) is 0 Å². The quantitative estimate of drug-likeness (QED) is 0.276. The smallest absolute Gasteiger partial charge is 0.310 e. The fourth-order valence-electron chi connectivity index (χ4n) is 0.658. The third kappa shape index (κ3) is 9.20. The highest BCUT2D eigenvalue weighted by molar-refractivity contribution is 4.99. The molecule has 0 bridgehead atoms. The Hall–Kier alpha value is -0.800. The summed E-state index contributed by atoms with van der Waals surface area (Å²) in [7, 11) is 0. The first-order valence-electron chi connectivity index (χ1n) is 4.10. The summed E-state index contributed by atoms with van der Waals surface area (Å²) < 4.78 is 4.33. The van der Waals surface area contributed by atoms with Crippen LogP contribution in [0.1, 0.15) is 26.2 Å². The second kappa shape index (κ2) is 8.30. The first-order valence-corrected chi connectivity index (χ1v) is 4.10. The number of ether oxygens (including phenoxy) is 1. The van der Waals surface area contributed by atoms with Gasteiger partial charge >= 0.3 is 6.48 Å². The third-order valence-corrected chi connectivity index (χ3v) is 1.25. The highest BCUT2D eigenvalue weighted by Crippen LogP contribution is 1.94. The van der Waals surface area contributed by atoms with E-state index in [4.69, 9.17) is 10.2 Å². The van der Waals surface area contributed by atoms with Crippen molar-refractivity contribution >= 4 is 0 Å². The van der Waals surface area contributed by atoms with E-state index in [9.17, 15) is 0 Å². The molecule has 0 atom stereocenters. The van der Waals surface area contributed by atoms with Gasteiger partial charge in [-0.05, 0) is 12.5 Å². The molecule has 0 amide bonds. The van der Waals surface area contributed by atoms with Crippen molar-refractivity contribution in [2.24, 2.45) is 0 Å². The Labute approximate surface area is 73.0 Å². The lowest BCUT2D eigenvalue weighted by Gasteiger charge is -1.98. The maximum absolute atomic E-state index is 8.25. The minimum Gasteiger partial charge on any atom is -0.449 e. The van der Waals surface area contributed by atoms with Crippen molar-refractivity contribution in [3.63, 3.8) is 0 Å². The second-order valence-corrected chi connectivity index (χ2v) is 2.36. The van der Waals surface area contributed by atoms with Crippen molar-refractivity contribution in [3.05, 3.63) is 24.5 Å². The molecule has 0 aromatic heterocycles. The maximum Gasteiger partial charge on any atom is 0.310 e. The molecule has 0 aliphatic carbocycles. The van der Waals surface area contributed by atoms with Gasteiger partial charge in [0.2, 0.25) is 0 Å². The lowest BCUT2D eigenvalue weighted by Crippen LogP contribution is -2.04. The van der Waals surface area contributed by atoms with Crippen LogP contribution in [0.2, 0.25) is 0 Å². The topological polar surface area (TPSA) is 49.7 Å². The Morgan fingerprint density at radius 3 is 2.67 bits per heavy atom. The summed E-state index contributed by atoms with van der Waals surface area (Å²) in [6.07, 6.45) is 10.1. The number of aliphatic hydroxyl groups excluding tert-OH is 1. The van der Waals surface area contributed by atoms with E-state index in [1.807, 2.05) is 12.2 Å². The number of hydrogen-bond acceptors (Lipinski definition) is 3. The molecule has 0 aliphatic heterocycles. The third-order valence-electron chi connectivity index (χ3n) is 1.25. The van der Waals surface area contributed by atoms with Gasteiger partial charge in [-0.25, -0.2) is 0 Å². The molecule has 0 spiro atoms. The number of aliphatic hydroxyl groups is 2. The first-order chi connectivity index (χ1) is 5.77. The van der Waals surface area contributed by atoms with E-state index in [1.54, 1.807) is 6.08 Å². The molecule has 0 saturated carbocycles. The highest BCUT2D eigenvalue weighted by Gasteiger charge is 1.86. The molecule has 0 unspecified atom stereocenters. The van der Waals surface area contributed by atoms with Gasteiger partial charge in [0.25, 0.3) is 0 Å². The van der Waals surface area contributed by atoms with Crippen LogP contribution in [0.25, 0.3) is 0 Å². The van der Waals surface area contributed by atoms with Crippen molar-refractivity contribution < 1.29 is 14.9 Å². The van der Waals surface area contributed by atoms with Gasteiger partial charge in [-0.15, -0.1) is 0 Å². The van der Waals surface area contributed by atoms with E-state index in [1.165, 1.54) is 19.1 Å². The Balaban J connectivity index is 3.27. The van der Waals surface area contributed by atoms with Gasteiger partial charge in [0.15, 0.2) is 0 Å². The summed E-state index contributed by atoms with van der Waals surface area (Å²) in [5, 5.41) is 16.5. The van der Waals surface area contributed by atoms with Gasteiger partial charge in [-0.1, -0.05) is 31.9 Å². The van der Waals surface area contributed by atoms with Crippen molar-refractivity contribution in [3.8, 4) is 0 Å². The predicted octanol–water partition coefficient (Wildman–Crippen LogP) is 1.53. The molecular formula is C9H16O3. The van der Waals surface area contributed by atoms with Crippen LogP contribution in [-0.2, 0) is 4.74 Å². The van der Waals surface area contributed by atoms with E-state index in [0.29, 0.717) is 0 Å². The molecule has 0 radical (unpaired) electrons. The molecular weight excluding hydrogens is 156 g/mol. The lowest BCUT2D eigenvalue weighted by atomic mass is 10.2. The molecule has 0 aromatic rings. The normalized spacial score (nSPS) is 12.0. The maximum atomic E-state index is 8.25. The van der Waals surface area contributed by atoms with Gasteiger partial charge in [-0.2, -0.15) is 0 Å². The molecule has 3 heteroatoms. The Morgan fingerprint density at radius 1 is 1.33 bits per heavy atom. The zero-order valence-electron chi connectivity index (χ0n) is 7.31. The average molecular weight is 172 g/mol. The molecule has 12 heavy (non-hydrogen) atoms. The van der Waals surface area contributed by atoms with Crippen LogP contribution in [0.5, 0.6) is 0 Å².